The summed E-state index contributed by atoms with van der Waals surface area (Å²) in [6.45, 7) is 17.3. The van der Waals surface area contributed by atoms with Crippen molar-refractivity contribution in [1.82, 2.24) is 0 Å². The molecule has 0 aromatic heterocycles. The van der Waals surface area contributed by atoms with E-state index >= 15 is 0 Å². The highest BCUT2D eigenvalue weighted by atomic mass is 16.5. The van der Waals surface area contributed by atoms with Crippen LogP contribution in [-0.4, -0.2) is 13.2 Å². The SMILES string of the molecule is CCC(C)(C)c1ccc2c(OCCC(C)C)c3ccccc3c(OCCC(C)C)c2c1. The number of benzene rings is 3. The van der Waals surface area contributed by atoms with Crippen molar-refractivity contribution in [2.24, 2.45) is 11.8 Å². The van der Waals surface area contributed by atoms with Gasteiger partial charge >= 0.3 is 0 Å². The van der Waals surface area contributed by atoms with Gasteiger partial charge in [0.2, 0.25) is 0 Å². The van der Waals surface area contributed by atoms with Crippen molar-refractivity contribution in [2.75, 3.05) is 13.2 Å². The van der Waals surface area contributed by atoms with Crippen LogP contribution in [0.2, 0.25) is 0 Å². The Labute approximate surface area is 188 Å². The Balaban J connectivity index is 2.22. The van der Waals surface area contributed by atoms with Crippen LogP contribution in [0, 0.1) is 11.8 Å². The summed E-state index contributed by atoms with van der Waals surface area (Å²) in [6.07, 6.45) is 3.18. The molecule has 0 atom stereocenters. The van der Waals surface area contributed by atoms with E-state index in [1.807, 2.05) is 0 Å². The second-order valence-electron chi connectivity index (χ2n) is 10.3. The van der Waals surface area contributed by atoms with Crippen molar-refractivity contribution in [1.29, 1.82) is 0 Å². The van der Waals surface area contributed by atoms with Crippen molar-refractivity contribution in [3.63, 3.8) is 0 Å². The highest BCUT2D eigenvalue weighted by Gasteiger charge is 2.22. The summed E-state index contributed by atoms with van der Waals surface area (Å²) in [5.74, 6) is 3.22. The lowest BCUT2D eigenvalue weighted by Gasteiger charge is -2.25. The van der Waals surface area contributed by atoms with Gasteiger partial charge in [-0.25, -0.2) is 0 Å². The summed E-state index contributed by atoms with van der Waals surface area (Å²) in [5.41, 5.74) is 1.47. The van der Waals surface area contributed by atoms with Crippen molar-refractivity contribution >= 4 is 21.5 Å². The molecule has 0 spiro atoms. The van der Waals surface area contributed by atoms with Crippen molar-refractivity contribution in [3.8, 4) is 11.5 Å². The van der Waals surface area contributed by atoms with E-state index in [1.165, 1.54) is 10.9 Å². The third-order valence-corrected chi connectivity index (χ3v) is 6.47. The first-order chi connectivity index (χ1) is 14.7. The second-order valence-corrected chi connectivity index (χ2v) is 10.3. The molecule has 0 radical (unpaired) electrons. The Bertz CT molecular complexity index is 1010. The van der Waals surface area contributed by atoms with Crippen LogP contribution < -0.4 is 9.47 Å². The van der Waals surface area contributed by atoms with E-state index < -0.39 is 0 Å². The molecule has 0 aliphatic rings. The predicted molar refractivity (Wildman–Crippen MR) is 135 cm³/mol. The van der Waals surface area contributed by atoms with E-state index in [2.05, 4.69) is 90.9 Å². The van der Waals surface area contributed by atoms with Crippen LogP contribution in [0.5, 0.6) is 11.5 Å². The van der Waals surface area contributed by atoms with E-state index in [1.54, 1.807) is 0 Å². The lowest BCUT2D eigenvalue weighted by atomic mass is 9.81. The van der Waals surface area contributed by atoms with Crippen LogP contribution in [-0.2, 0) is 5.41 Å². The van der Waals surface area contributed by atoms with E-state index in [0.29, 0.717) is 11.8 Å². The Morgan fingerprint density at radius 2 is 1.19 bits per heavy atom. The molecule has 0 aliphatic heterocycles. The molecule has 0 aliphatic carbocycles. The first-order valence-electron chi connectivity index (χ1n) is 12.0. The molecule has 0 saturated heterocycles. The fourth-order valence-corrected chi connectivity index (χ4v) is 3.83. The number of hydrogen-bond acceptors (Lipinski definition) is 2. The molecule has 0 N–H and O–H groups in total. The quantitative estimate of drug-likeness (QED) is 0.306. The summed E-state index contributed by atoms with van der Waals surface area (Å²) < 4.78 is 12.9. The molecule has 3 rings (SSSR count). The molecule has 2 heteroatoms. The third-order valence-electron chi connectivity index (χ3n) is 6.47. The van der Waals surface area contributed by atoms with E-state index in [4.69, 9.17) is 9.47 Å². The first-order valence-corrected chi connectivity index (χ1v) is 12.0. The molecule has 0 bridgehead atoms. The molecule has 3 aromatic rings. The zero-order valence-electron chi connectivity index (χ0n) is 20.5. The molecule has 0 amide bonds. The van der Waals surface area contributed by atoms with Gasteiger partial charge < -0.3 is 9.47 Å². The van der Waals surface area contributed by atoms with Gasteiger partial charge in [0.15, 0.2) is 0 Å². The topological polar surface area (TPSA) is 18.5 Å². The van der Waals surface area contributed by atoms with Crippen LogP contribution in [0.1, 0.15) is 73.3 Å². The molecule has 3 aromatic carbocycles. The largest absolute Gasteiger partial charge is 0.492 e. The van der Waals surface area contributed by atoms with Crippen LogP contribution in [0.4, 0.5) is 0 Å². The average Bonchev–Trinajstić information content (AvgIpc) is 2.74. The summed E-state index contributed by atoms with van der Waals surface area (Å²) in [7, 11) is 0. The fraction of sp³-hybridized carbons (Fsp3) is 0.517. The Kier molecular flexibility index (Phi) is 7.51. The maximum absolute atomic E-state index is 6.49. The Morgan fingerprint density at radius 1 is 0.710 bits per heavy atom. The first kappa shape index (κ1) is 23.4. The van der Waals surface area contributed by atoms with Crippen molar-refractivity contribution in [3.05, 3.63) is 48.0 Å². The molecule has 0 fully saturated rings. The summed E-state index contributed by atoms with van der Waals surface area (Å²) in [5, 5.41) is 4.60. The van der Waals surface area contributed by atoms with Crippen LogP contribution in [0.3, 0.4) is 0 Å². The van der Waals surface area contributed by atoms with Gasteiger partial charge in [-0.1, -0.05) is 84.9 Å². The van der Waals surface area contributed by atoms with Crippen LogP contribution >= 0.6 is 0 Å². The van der Waals surface area contributed by atoms with Crippen LogP contribution in [0.15, 0.2) is 42.5 Å². The molecule has 31 heavy (non-hydrogen) atoms. The normalized spacial score (nSPS) is 12.3. The minimum atomic E-state index is 0.119. The van der Waals surface area contributed by atoms with Gasteiger partial charge in [0, 0.05) is 21.5 Å². The van der Waals surface area contributed by atoms with Gasteiger partial charge in [0.05, 0.1) is 13.2 Å². The molecular formula is C29H40O2. The minimum absolute atomic E-state index is 0.119. The Morgan fingerprint density at radius 3 is 1.68 bits per heavy atom. The zero-order chi connectivity index (χ0) is 22.6. The maximum atomic E-state index is 6.49. The van der Waals surface area contributed by atoms with Gasteiger partial charge in [0.25, 0.3) is 0 Å². The number of ether oxygens (including phenoxy) is 2. The van der Waals surface area contributed by atoms with Gasteiger partial charge in [-0.3, -0.25) is 0 Å². The number of hydrogen-bond donors (Lipinski definition) is 0. The number of fused-ring (bicyclic) bond motifs is 2. The van der Waals surface area contributed by atoms with Gasteiger partial charge in [-0.15, -0.1) is 0 Å². The highest BCUT2D eigenvalue weighted by molar-refractivity contribution is 6.11. The lowest BCUT2D eigenvalue weighted by Crippen LogP contribution is -2.15. The molecule has 0 saturated carbocycles. The van der Waals surface area contributed by atoms with Crippen molar-refractivity contribution < 1.29 is 9.47 Å². The number of rotatable bonds is 10. The Hall–Kier alpha value is -2.22. The smallest absolute Gasteiger partial charge is 0.135 e. The monoisotopic (exact) mass is 420 g/mol. The minimum Gasteiger partial charge on any atom is -0.492 e. The van der Waals surface area contributed by atoms with Crippen LogP contribution in [0.25, 0.3) is 21.5 Å². The van der Waals surface area contributed by atoms with Gasteiger partial charge in [-0.2, -0.15) is 0 Å². The van der Waals surface area contributed by atoms with Crippen molar-refractivity contribution in [2.45, 2.75) is 73.1 Å². The molecule has 168 valence electrons. The highest BCUT2D eigenvalue weighted by Crippen LogP contribution is 2.44. The average molecular weight is 421 g/mol. The fourth-order valence-electron chi connectivity index (χ4n) is 3.83. The van der Waals surface area contributed by atoms with E-state index in [9.17, 15) is 0 Å². The zero-order valence-corrected chi connectivity index (χ0v) is 20.5. The predicted octanol–water partition coefficient (Wildman–Crippen LogP) is 8.53. The summed E-state index contributed by atoms with van der Waals surface area (Å²) in [6, 6.07) is 15.4. The van der Waals surface area contributed by atoms with E-state index in [0.717, 1.165) is 60.1 Å². The molecular weight excluding hydrogens is 380 g/mol. The summed E-state index contributed by atoms with van der Waals surface area (Å²) >= 11 is 0. The summed E-state index contributed by atoms with van der Waals surface area (Å²) in [4.78, 5) is 0. The molecule has 0 heterocycles. The molecule has 2 nitrogen and oxygen atoms in total. The van der Waals surface area contributed by atoms with Gasteiger partial charge in [-0.05, 0) is 48.1 Å². The standard InChI is InChI=1S/C29H40O2/c1-8-29(6,7)22-13-14-25-26(19-22)28(31-18-16-21(4)5)24-12-10-9-11-23(24)27(25)30-17-15-20(2)3/h9-14,19-21H,8,15-18H2,1-7H3. The molecule has 0 unspecified atom stereocenters. The lowest BCUT2D eigenvalue weighted by molar-refractivity contribution is 0.291. The second kappa shape index (κ2) is 9.94. The van der Waals surface area contributed by atoms with Gasteiger partial charge in [0.1, 0.15) is 11.5 Å². The third kappa shape index (κ3) is 5.34. The maximum Gasteiger partial charge on any atom is 0.135 e. The van der Waals surface area contributed by atoms with E-state index in [-0.39, 0.29) is 5.41 Å².